The zero-order valence-corrected chi connectivity index (χ0v) is 18.8. The van der Waals surface area contributed by atoms with Gasteiger partial charge < -0.3 is 14.6 Å². The highest BCUT2D eigenvalue weighted by atomic mass is 32.2. The number of benzene rings is 1. The van der Waals surface area contributed by atoms with Crippen LogP contribution in [0.4, 0.5) is 5.13 Å². The van der Waals surface area contributed by atoms with Gasteiger partial charge in [-0.15, -0.1) is 10.2 Å². The quantitative estimate of drug-likeness (QED) is 0.331. The van der Waals surface area contributed by atoms with E-state index in [9.17, 15) is 9.59 Å². The van der Waals surface area contributed by atoms with Crippen molar-refractivity contribution >= 4 is 62.2 Å². The SMILES string of the molecule is CCOC(=O)c1sc(NC(=O)CSc2nnc3c4ccccc4n(CC)c3n2)nc1C. The molecule has 1 aromatic carbocycles. The number of hydrogen-bond acceptors (Lipinski definition) is 9. The molecule has 0 aliphatic carbocycles. The molecule has 0 fully saturated rings. The molecule has 4 aromatic rings. The molecule has 0 saturated heterocycles. The van der Waals surface area contributed by atoms with Crippen LogP contribution >= 0.6 is 23.1 Å². The second-order valence-electron chi connectivity index (χ2n) is 6.52. The number of carbonyl (C=O) groups is 2. The van der Waals surface area contributed by atoms with Crippen LogP contribution < -0.4 is 5.32 Å². The van der Waals surface area contributed by atoms with Gasteiger partial charge in [0, 0.05) is 11.9 Å². The van der Waals surface area contributed by atoms with Crippen LogP contribution in [0.15, 0.2) is 29.4 Å². The molecule has 31 heavy (non-hydrogen) atoms. The molecule has 4 rings (SSSR count). The summed E-state index contributed by atoms with van der Waals surface area (Å²) in [5.41, 5.74) is 3.07. The van der Waals surface area contributed by atoms with E-state index in [1.54, 1.807) is 13.8 Å². The van der Waals surface area contributed by atoms with Gasteiger partial charge in [-0.1, -0.05) is 41.3 Å². The summed E-state index contributed by atoms with van der Waals surface area (Å²) in [5, 5.41) is 13.0. The highest BCUT2D eigenvalue weighted by molar-refractivity contribution is 7.99. The molecule has 1 amide bonds. The van der Waals surface area contributed by atoms with Gasteiger partial charge >= 0.3 is 5.97 Å². The van der Waals surface area contributed by atoms with Crippen LogP contribution in [0.3, 0.4) is 0 Å². The molecule has 9 nitrogen and oxygen atoms in total. The van der Waals surface area contributed by atoms with Crippen molar-refractivity contribution in [2.45, 2.75) is 32.5 Å². The number of aryl methyl sites for hydroxylation is 2. The van der Waals surface area contributed by atoms with Crippen molar-refractivity contribution in [3.63, 3.8) is 0 Å². The molecule has 0 radical (unpaired) electrons. The van der Waals surface area contributed by atoms with Crippen LogP contribution in [-0.2, 0) is 16.1 Å². The average Bonchev–Trinajstić information content (AvgIpc) is 3.29. The van der Waals surface area contributed by atoms with Crippen molar-refractivity contribution in [2.24, 2.45) is 0 Å². The van der Waals surface area contributed by atoms with Gasteiger partial charge in [0.2, 0.25) is 11.1 Å². The topological polar surface area (TPSA) is 112 Å². The smallest absolute Gasteiger partial charge is 0.350 e. The summed E-state index contributed by atoms with van der Waals surface area (Å²) in [7, 11) is 0. The number of carbonyl (C=O) groups excluding carboxylic acids is 2. The number of thioether (sulfide) groups is 1. The lowest BCUT2D eigenvalue weighted by Crippen LogP contribution is -2.14. The Kier molecular flexibility index (Phi) is 6.14. The monoisotopic (exact) mass is 456 g/mol. The van der Waals surface area contributed by atoms with Crippen molar-refractivity contribution in [2.75, 3.05) is 17.7 Å². The fraction of sp³-hybridized carbons (Fsp3) is 0.300. The van der Waals surface area contributed by atoms with Gasteiger partial charge in [0.05, 0.1) is 23.6 Å². The number of thiazole rings is 1. The van der Waals surface area contributed by atoms with Gasteiger partial charge in [0.15, 0.2) is 10.8 Å². The number of nitrogens with zero attached hydrogens (tertiary/aromatic N) is 5. The Morgan fingerprint density at radius 3 is 2.77 bits per heavy atom. The minimum atomic E-state index is -0.438. The lowest BCUT2D eigenvalue weighted by molar-refractivity contribution is -0.113. The van der Waals surface area contributed by atoms with E-state index < -0.39 is 5.97 Å². The lowest BCUT2D eigenvalue weighted by Gasteiger charge is -2.03. The number of fused-ring (bicyclic) bond motifs is 3. The van der Waals surface area contributed by atoms with E-state index in [1.165, 1.54) is 11.8 Å². The van der Waals surface area contributed by atoms with Crippen LogP contribution in [-0.4, -0.2) is 49.0 Å². The van der Waals surface area contributed by atoms with Crippen LogP contribution in [0.5, 0.6) is 0 Å². The molecule has 3 aromatic heterocycles. The predicted molar refractivity (Wildman–Crippen MR) is 121 cm³/mol. The Bertz CT molecular complexity index is 1280. The van der Waals surface area contributed by atoms with Gasteiger partial charge in [-0.25, -0.2) is 14.8 Å². The van der Waals surface area contributed by atoms with E-state index in [4.69, 9.17) is 4.74 Å². The zero-order valence-electron chi connectivity index (χ0n) is 17.2. The van der Waals surface area contributed by atoms with E-state index in [0.29, 0.717) is 20.9 Å². The minimum Gasteiger partial charge on any atom is -0.462 e. The number of hydrogen-bond donors (Lipinski definition) is 1. The first kappa shape index (κ1) is 21.2. The fourth-order valence-electron chi connectivity index (χ4n) is 3.19. The Hall–Kier alpha value is -3.05. The van der Waals surface area contributed by atoms with Gasteiger partial charge in [-0.2, -0.15) is 0 Å². The minimum absolute atomic E-state index is 0.0902. The molecule has 0 aliphatic heterocycles. The second-order valence-corrected chi connectivity index (χ2v) is 8.46. The highest BCUT2D eigenvalue weighted by Crippen LogP contribution is 2.27. The molecule has 0 atom stereocenters. The van der Waals surface area contributed by atoms with E-state index in [1.807, 2.05) is 24.3 Å². The average molecular weight is 457 g/mol. The van der Waals surface area contributed by atoms with Crippen LogP contribution in [0.25, 0.3) is 22.1 Å². The van der Waals surface area contributed by atoms with E-state index in [0.717, 1.165) is 39.9 Å². The number of aromatic nitrogens is 5. The Labute approximate surface area is 186 Å². The number of ether oxygens (including phenoxy) is 1. The highest BCUT2D eigenvalue weighted by Gasteiger charge is 2.18. The molecule has 0 spiro atoms. The van der Waals surface area contributed by atoms with Crippen molar-refractivity contribution in [1.82, 2.24) is 24.7 Å². The molecule has 0 aliphatic rings. The maximum Gasteiger partial charge on any atom is 0.350 e. The molecule has 3 heterocycles. The van der Waals surface area contributed by atoms with Gasteiger partial charge in [-0.05, 0) is 26.8 Å². The molecule has 1 N–H and O–H groups in total. The maximum atomic E-state index is 12.4. The number of para-hydroxylation sites is 1. The third-order valence-corrected chi connectivity index (χ3v) is 6.40. The van der Waals surface area contributed by atoms with Crippen LogP contribution in [0.1, 0.15) is 29.2 Å². The maximum absolute atomic E-state index is 12.4. The molecule has 11 heteroatoms. The van der Waals surface area contributed by atoms with Gasteiger partial charge in [0.1, 0.15) is 10.4 Å². The number of esters is 1. The number of amides is 1. The lowest BCUT2D eigenvalue weighted by atomic mass is 10.2. The predicted octanol–water partition coefficient (Wildman–Crippen LogP) is 3.67. The zero-order chi connectivity index (χ0) is 22.0. The first-order valence-electron chi connectivity index (χ1n) is 9.70. The van der Waals surface area contributed by atoms with Crippen molar-refractivity contribution < 1.29 is 14.3 Å². The molecule has 160 valence electrons. The largest absolute Gasteiger partial charge is 0.462 e. The van der Waals surface area contributed by atoms with Crippen LogP contribution in [0, 0.1) is 6.92 Å². The number of nitrogens with one attached hydrogen (secondary N) is 1. The van der Waals surface area contributed by atoms with Crippen LogP contribution in [0.2, 0.25) is 0 Å². The summed E-state index contributed by atoms with van der Waals surface area (Å²) >= 11 is 2.29. The van der Waals surface area contributed by atoms with Crippen molar-refractivity contribution in [3.05, 3.63) is 34.8 Å². The molecular weight excluding hydrogens is 436 g/mol. The molecule has 0 saturated carbocycles. The summed E-state index contributed by atoms with van der Waals surface area (Å²) in [6.07, 6.45) is 0. The fourth-order valence-corrected chi connectivity index (χ4v) is 4.65. The third-order valence-electron chi connectivity index (χ3n) is 4.51. The Morgan fingerprint density at radius 1 is 1.19 bits per heavy atom. The summed E-state index contributed by atoms with van der Waals surface area (Å²) < 4.78 is 7.08. The summed E-state index contributed by atoms with van der Waals surface area (Å²) in [5.74, 6) is -0.618. The molecule has 0 unspecified atom stereocenters. The molecule has 0 bridgehead atoms. The van der Waals surface area contributed by atoms with Gasteiger partial charge in [-0.3, -0.25) is 4.79 Å². The second kappa shape index (κ2) is 8.98. The summed E-state index contributed by atoms with van der Waals surface area (Å²) in [6, 6.07) is 7.97. The van der Waals surface area contributed by atoms with E-state index >= 15 is 0 Å². The Balaban J connectivity index is 1.47. The first-order chi connectivity index (χ1) is 15.0. The van der Waals surface area contributed by atoms with E-state index in [-0.39, 0.29) is 18.3 Å². The number of anilines is 1. The van der Waals surface area contributed by atoms with Crippen molar-refractivity contribution in [3.8, 4) is 0 Å². The van der Waals surface area contributed by atoms with Crippen molar-refractivity contribution in [1.29, 1.82) is 0 Å². The number of rotatable bonds is 7. The summed E-state index contributed by atoms with van der Waals surface area (Å²) in [6.45, 7) is 6.52. The standard InChI is InChI=1S/C20H20N6O3S2/c1-4-26-13-9-7-6-8-12(13)15-17(26)23-20(25-24-15)30-10-14(27)22-19-21-11(3)16(31-19)18(28)29-5-2/h6-9H,4-5,10H2,1-3H3,(H,21,22,27). The van der Waals surface area contributed by atoms with E-state index in [2.05, 4.69) is 37.0 Å². The normalized spacial score (nSPS) is 11.2. The third kappa shape index (κ3) is 4.23. The first-order valence-corrected chi connectivity index (χ1v) is 11.5. The molecular formula is C20H20N6O3S2. The van der Waals surface area contributed by atoms with Gasteiger partial charge in [0.25, 0.3) is 0 Å². The Morgan fingerprint density at radius 2 is 2.00 bits per heavy atom. The summed E-state index contributed by atoms with van der Waals surface area (Å²) in [4.78, 5) is 33.5.